The minimum absolute atomic E-state index is 0.352. The van der Waals surface area contributed by atoms with Crippen molar-refractivity contribution in [1.82, 2.24) is 15.5 Å². The largest absolute Gasteiger partial charge is 0.357 e. The van der Waals surface area contributed by atoms with Gasteiger partial charge in [0.1, 0.15) is 0 Å². The van der Waals surface area contributed by atoms with Crippen LogP contribution in [0.5, 0.6) is 0 Å². The van der Waals surface area contributed by atoms with E-state index in [0.717, 1.165) is 50.5 Å². The van der Waals surface area contributed by atoms with Crippen molar-refractivity contribution in [1.29, 1.82) is 0 Å². The van der Waals surface area contributed by atoms with E-state index in [1.54, 1.807) is 0 Å². The maximum Gasteiger partial charge on any atom is 0.191 e. The Bertz CT molecular complexity index is 469. The van der Waals surface area contributed by atoms with Gasteiger partial charge in [0, 0.05) is 47.0 Å². The van der Waals surface area contributed by atoms with E-state index in [1.165, 1.54) is 25.9 Å². The maximum atomic E-state index is 12.2. The number of hydrogen-bond acceptors (Lipinski definition) is 3. The van der Waals surface area contributed by atoms with E-state index in [2.05, 4.69) is 36.3 Å². The summed E-state index contributed by atoms with van der Waals surface area (Å²) in [5.74, 6) is 2.43. The average Bonchev–Trinajstić information content (AvgIpc) is 3.05. The van der Waals surface area contributed by atoms with Crippen LogP contribution in [0.1, 0.15) is 66.2 Å². The minimum Gasteiger partial charge on any atom is -0.357 e. The van der Waals surface area contributed by atoms with Crippen molar-refractivity contribution in [3.8, 4) is 0 Å². The molecule has 152 valence electrons. The first kappa shape index (κ1) is 21.7. The standard InChI is InChI=1S/C20H40N4OS/c1-5-21-20(22-14-18-10-8-12-24(18)15-16(3)4)23-17-9-7-11-19(13-17)26(25)6-2/h16-19H,5-15H2,1-4H3,(H2,21,22,23)/t17?,18-,19?,26?/m1/s1. The molecule has 2 aliphatic rings. The number of rotatable bonds is 8. The number of nitrogens with zero attached hydrogens (tertiary/aromatic N) is 2. The molecule has 1 heterocycles. The van der Waals surface area contributed by atoms with Crippen LogP contribution in [0.25, 0.3) is 0 Å². The van der Waals surface area contributed by atoms with E-state index in [9.17, 15) is 4.21 Å². The van der Waals surface area contributed by atoms with Crippen molar-refractivity contribution >= 4 is 16.8 Å². The summed E-state index contributed by atoms with van der Waals surface area (Å²) in [6.07, 6.45) is 7.00. The molecule has 2 rings (SSSR count). The Morgan fingerprint density at radius 3 is 2.73 bits per heavy atom. The van der Waals surface area contributed by atoms with E-state index in [-0.39, 0.29) is 0 Å². The Morgan fingerprint density at radius 1 is 1.23 bits per heavy atom. The highest BCUT2D eigenvalue weighted by Gasteiger charge is 2.27. The van der Waals surface area contributed by atoms with Crippen LogP contribution in [0.2, 0.25) is 0 Å². The molecule has 1 saturated heterocycles. The SMILES string of the molecule is CCNC(=NC[C@H]1CCCN1CC(C)C)NC1CCCC(S(=O)CC)C1. The van der Waals surface area contributed by atoms with Crippen LogP contribution in [0.3, 0.4) is 0 Å². The van der Waals surface area contributed by atoms with E-state index in [1.807, 2.05) is 6.92 Å². The van der Waals surface area contributed by atoms with Crippen LogP contribution in [-0.2, 0) is 10.8 Å². The fourth-order valence-electron chi connectivity index (χ4n) is 4.27. The molecule has 2 N–H and O–H groups in total. The molecule has 0 aromatic heterocycles. The van der Waals surface area contributed by atoms with Crippen molar-refractivity contribution in [2.75, 3.05) is 31.9 Å². The summed E-state index contributed by atoms with van der Waals surface area (Å²) >= 11 is 0. The molecule has 0 bridgehead atoms. The molecule has 2 fully saturated rings. The van der Waals surface area contributed by atoms with Crippen molar-refractivity contribution in [3.63, 3.8) is 0 Å². The second-order valence-corrected chi connectivity index (χ2v) is 10.2. The second kappa shape index (κ2) is 11.3. The van der Waals surface area contributed by atoms with Gasteiger partial charge < -0.3 is 10.6 Å². The lowest BCUT2D eigenvalue weighted by Crippen LogP contribution is -2.47. The molecule has 4 atom stereocenters. The Hall–Kier alpha value is -0.620. The van der Waals surface area contributed by atoms with E-state index >= 15 is 0 Å². The Kier molecular flexibility index (Phi) is 9.40. The third-order valence-electron chi connectivity index (χ3n) is 5.53. The smallest absolute Gasteiger partial charge is 0.191 e. The highest BCUT2D eigenvalue weighted by Crippen LogP contribution is 2.23. The molecule has 0 aromatic carbocycles. The highest BCUT2D eigenvalue weighted by molar-refractivity contribution is 7.85. The van der Waals surface area contributed by atoms with Crippen molar-refractivity contribution in [3.05, 3.63) is 0 Å². The van der Waals surface area contributed by atoms with Crippen LogP contribution >= 0.6 is 0 Å². The molecule has 3 unspecified atom stereocenters. The average molecular weight is 385 g/mol. The van der Waals surface area contributed by atoms with Crippen molar-refractivity contribution in [2.45, 2.75) is 83.6 Å². The number of aliphatic imine (C=N–C) groups is 1. The lowest BCUT2D eigenvalue weighted by atomic mass is 9.95. The van der Waals surface area contributed by atoms with Crippen molar-refractivity contribution < 1.29 is 4.21 Å². The monoisotopic (exact) mass is 384 g/mol. The molecular weight excluding hydrogens is 344 g/mol. The number of guanidine groups is 1. The van der Waals surface area contributed by atoms with Gasteiger partial charge in [-0.25, -0.2) is 0 Å². The predicted molar refractivity (Wildman–Crippen MR) is 113 cm³/mol. The number of nitrogens with one attached hydrogen (secondary N) is 2. The van der Waals surface area contributed by atoms with Gasteiger partial charge in [-0.15, -0.1) is 0 Å². The normalized spacial score (nSPS) is 29.1. The summed E-state index contributed by atoms with van der Waals surface area (Å²) in [5.41, 5.74) is 0. The van der Waals surface area contributed by atoms with Gasteiger partial charge in [-0.2, -0.15) is 0 Å². The predicted octanol–water partition coefficient (Wildman–Crippen LogP) is 2.74. The molecule has 1 aliphatic heterocycles. The van der Waals surface area contributed by atoms with E-state index in [0.29, 0.717) is 23.3 Å². The fourth-order valence-corrected chi connectivity index (χ4v) is 5.62. The zero-order chi connectivity index (χ0) is 18.9. The molecule has 1 aliphatic carbocycles. The third kappa shape index (κ3) is 6.84. The first-order valence-corrected chi connectivity index (χ1v) is 12.1. The molecule has 0 radical (unpaired) electrons. The molecule has 26 heavy (non-hydrogen) atoms. The van der Waals surface area contributed by atoms with Gasteiger partial charge in [0.2, 0.25) is 0 Å². The zero-order valence-corrected chi connectivity index (χ0v) is 18.1. The minimum atomic E-state index is -0.676. The molecule has 0 amide bonds. The molecule has 5 nitrogen and oxygen atoms in total. The Morgan fingerprint density at radius 2 is 2.04 bits per heavy atom. The molecule has 6 heteroatoms. The first-order chi connectivity index (χ1) is 12.5. The zero-order valence-electron chi connectivity index (χ0n) is 17.3. The summed E-state index contributed by atoms with van der Waals surface area (Å²) in [7, 11) is -0.676. The summed E-state index contributed by atoms with van der Waals surface area (Å²) < 4.78 is 12.2. The van der Waals surface area contributed by atoms with E-state index in [4.69, 9.17) is 4.99 Å². The summed E-state index contributed by atoms with van der Waals surface area (Å²) in [5, 5.41) is 7.40. The quantitative estimate of drug-likeness (QED) is 0.499. The molecule has 0 aromatic rings. The van der Waals surface area contributed by atoms with Crippen LogP contribution in [0, 0.1) is 5.92 Å². The summed E-state index contributed by atoms with van der Waals surface area (Å²) in [4.78, 5) is 7.52. The number of likely N-dealkylation sites (tertiary alicyclic amines) is 1. The first-order valence-electron chi connectivity index (χ1n) is 10.7. The lowest BCUT2D eigenvalue weighted by molar-refractivity contribution is 0.231. The van der Waals surface area contributed by atoms with Gasteiger partial charge in [0.05, 0.1) is 6.54 Å². The third-order valence-corrected chi connectivity index (χ3v) is 7.27. The van der Waals surface area contributed by atoms with Crippen LogP contribution in [0.4, 0.5) is 0 Å². The fraction of sp³-hybridized carbons (Fsp3) is 0.950. The number of hydrogen-bond donors (Lipinski definition) is 2. The van der Waals surface area contributed by atoms with E-state index < -0.39 is 10.8 Å². The summed E-state index contributed by atoms with van der Waals surface area (Å²) in [6.45, 7) is 12.9. The Labute approximate surface area is 163 Å². The van der Waals surface area contributed by atoms with Crippen molar-refractivity contribution in [2.24, 2.45) is 10.9 Å². The molecule has 1 saturated carbocycles. The van der Waals surface area contributed by atoms with Gasteiger partial charge in [-0.1, -0.05) is 27.2 Å². The van der Waals surface area contributed by atoms with Gasteiger partial charge in [0.25, 0.3) is 0 Å². The van der Waals surface area contributed by atoms with Crippen LogP contribution in [-0.4, -0.2) is 64.3 Å². The van der Waals surface area contributed by atoms with Crippen LogP contribution < -0.4 is 10.6 Å². The molecular formula is C20H40N4OS. The summed E-state index contributed by atoms with van der Waals surface area (Å²) in [6, 6.07) is 0.983. The molecule has 0 spiro atoms. The second-order valence-electron chi connectivity index (χ2n) is 8.20. The van der Waals surface area contributed by atoms with Gasteiger partial charge >= 0.3 is 0 Å². The van der Waals surface area contributed by atoms with Crippen LogP contribution in [0.15, 0.2) is 4.99 Å². The van der Waals surface area contributed by atoms with Gasteiger partial charge in [-0.3, -0.25) is 14.1 Å². The van der Waals surface area contributed by atoms with Gasteiger partial charge in [0.15, 0.2) is 5.96 Å². The highest BCUT2D eigenvalue weighted by atomic mass is 32.2. The van der Waals surface area contributed by atoms with Gasteiger partial charge in [-0.05, 0) is 51.5 Å². The Balaban J connectivity index is 1.90. The topological polar surface area (TPSA) is 56.7 Å². The lowest BCUT2D eigenvalue weighted by Gasteiger charge is -2.30. The maximum absolute atomic E-state index is 12.2.